The van der Waals surface area contributed by atoms with Gasteiger partial charge in [0, 0.05) is 42.8 Å². The molecule has 0 bridgehead atoms. The van der Waals surface area contributed by atoms with E-state index in [1.54, 1.807) is 34.6 Å². The van der Waals surface area contributed by atoms with Crippen LogP contribution in [-0.4, -0.2) is 59.6 Å². The van der Waals surface area contributed by atoms with Crippen LogP contribution in [0.5, 0.6) is 0 Å². The van der Waals surface area contributed by atoms with Crippen LogP contribution >= 0.6 is 11.3 Å². The standard InChI is InChI=1S/C24H28N4O4S/c1-3-17-16-18(23(33-17)26-22(29)20-9-7-15-32-20)21(19-8-5-6-10-25-19)27-11-13-28(14-12-27)24(30)31-4-2/h5-10,15-16,21H,3-4,11-14H2,1-2H3,(H,26,29)/t21-/m1/s1. The summed E-state index contributed by atoms with van der Waals surface area (Å²) in [6.45, 7) is 6.75. The first-order valence-corrected chi connectivity index (χ1v) is 12.0. The summed E-state index contributed by atoms with van der Waals surface area (Å²) in [5, 5.41) is 3.84. The number of carbonyl (C=O) groups is 2. The van der Waals surface area contributed by atoms with E-state index in [0.717, 1.165) is 22.7 Å². The Kier molecular flexibility index (Phi) is 7.41. The number of amides is 2. The Morgan fingerprint density at radius 3 is 2.64 bits per heavy atom. The lowest BCUT2D eigenvalue weighted by atomic mass is 10.0. The van der Waals surface area contributed by atoms with E-state index < -0.39 is 0 Å². The normalized spacial score (nSPS) is 15.3. The molecular weight excluding hydrogens is 440 g/mol. The Morgan fingerprint density at radius 1 is 1.18 bits per heavy atom. The first-order chi connectivity index (χ1) is 16.1. The first-order valence-electron chi connectivity index (χ1n) is 11.1. The van der Waals surface area contributed by atoms with Gasteiger partial charge in [-0.25, -0.2) is 4.79 Å². The summed E-state index contributed by atoms with van der Waals surface area (Å²) in [4.78, 5) is 34.8. The number of furan rings is 1. The van der Waals surface area contributed by atoms with Gasteiger partial charge in [-0.05, 0) is 43.7 Å². The van der Waals surface area contributed by atoms with Gasteiger partial charge in [0.2, 0.25) is 0 Å². The molecule has 0 radical (unpaired) electrons. The lowest BCUT2D eigenvalue weighted by Crippen LogP contribution is -2.50. The number of pyridine rings is 1. The van der Waals surface area contributed by atoms with Gasteiger partial charge in [0.05, 0.1) is 24.6 Å². The van der Waals surface area contributed by atoms with Gasteiger partial charge in [0.1, 0.15) is 5.00 Å². The number of hydrogen-bond acceptors (Lipinski definition) is 7. The fraction of sp³-hybridized carbons (Fsp3) is 0.375. The minimum absolute atomic E-state index is 0.154. The minimum Gasteiger partial charge on any atom is -0.459 e. The molecule has 4 rings (SSSR count). The molecule has 0 aromatic carbocycles. The van der Waals surface area contributed by atoms with E-state index in [0.29, 0.717) is 32.8 Å². The van der Waals surface area contributed by atoms with E-state index in [4.69, 9.17) is 9.15 Å². The number of anilines is 1. The Morgan fingerprint density at radius 2 is 2.00 bits per heavy atom. The second-order valence-electron chi connectivity index (χ2n) is 7.66. The largest absolute Gasteiger partial charge is 0.459 e. The van der Waals surface area contributed by atoms with E-state index in [1.807, 2.05) is 25.1 Å². The van der Waals surface area contributed by atoms with Crippen molar-refractivity contribution in [3.63, 3.8) is 0 Å². The number of nitrogens with zero attached hydrogens (tertiary/aromatic N) is 3. The maximum absolute atomic E-state index is 12.8. The molecule has 8 nitrogen and oxygen atoms in total. The van der Waals surface area contributed by atoms with Crippen LogP contribution in [0.2, 0.25) is 0 Å². The van der Waals surface area contributed by atoms with Gasteiger partial charge in [-0.2, -0.15) is 0 Å². The summed E-state index contributed by atoms with van der Waals surface area (Å²) >= 11 is 1.57. The van der Waals surface area contributed by atoms with Crippen molar-refractivity contribution in [1.82, 2.24) is 14.8 Å². The number of nitrogens with one attached hydrogen (secondary N) is 1. The number of hydrogen-bond donors (Lipinski definition) is 1. The zero-order valence-electron chi connectivity index (χ0n) is 18.8. The van der Waals surface area contributed by atoms with Crippen LogP contribution < -0.4 is 5.32 Å². The highest BCUT2D eigenvalue weighted by Gasteiger charge is 2.32. The van der Waals surface area contributed by atoms with Crippen LogP contribution in [0, 0.1) is 0 Å². The number of thiophene rings is 1. The molecule has 1 aliphatic heterocycles. The van der Waals surface area contributed by atoms with Crippen LogP contribution in [0.4, 0.5) is 9.80 Å². The van der Waals surface area contributed by atoms with Crippen LogP contribution in [0.1, 0.15) is 46.6 Å². The SMILES string of the molecule is CCOC(=O)N1CCN([C@@H](c2ccccn2)c2cc(CC)sc2NC(=O)c2ccco2)CC1. The molecule has 2 amide bonds. The molecule has 33 heavy (non-hydrogen) atoms. The molecule has 0 saturated carbocycles. The molecular formula is C24H28N4O4S. The smallest absolute Gasteiger partial charge is 0.409 e. The van der Waals surface area contributed by atoms with Crippen molar-refractivity contribution in [2.24, 2.45) is 0 Å². The van der Waals surface area contributed by atoms with Crippen molar-refractivity contribution in [2.75, 3.05) is 38.1 Å². The van der Waals surface area contributed by atoms with Crippen molar-refractivity contribution in [3.05, 3.63) is 70.8 Å². The zero-order valence-corrected chi connectivity index (χ0v) is 19.6. The Bertz CT molecular complexity index is 1060. The zero-order chi connectivity index (χ0) is 23.2. The topological polar surface area (TPSA) is 87.9 Å². The maximum atomic E-state index is 12.8. The average molecular weight is 469 g/mol. The molecule has 1 fully saturated rings. The highest BCUT2D eigenvalue weighted by atomic mass is 32.1. The summed E-state index contributed by atoms with van der Waals surface area (Å²) in [5.74, 6) is -0.0116. The summed E-state index contributed by atoms with van der Waals surface area (Å²) in [6.07, 6.45) is 3.86. The molecule has 1 aliphatic rings. The average Bonchev–Trinajstić information content (AvgIpc) is 3.51. The number of carbonyl (C=O) groups excluding carboxylic acids is 2. The van der Waals surface area contributed by atoms with Gasteiger partial charge in [-0.15, -0.1) is 11.3 Å². The van der Waals surface area contributed by atoms with Crippen LogP contribution in [0.3, 0.4) is 0 Å². The number of rotatable bonds is 7. The van der Waals surface area contributed by atoms with Gasteiger partial charge in [-0.3, -0.25) is 14.7 Å². The van der Waals surface area contributed by atoms with Crippen LogP contribution in [0.15, 0.2) is 53.3 Å². The third-order valence-electron chi connectivity index (χ3n) is 5.60. The number of piperazine rings is 1. The Balaban J connectivity index is 1.64. The molecule has 3 aromatic rings. The molecule has 1 N–H and O–H groups in total. The summed E-state index contributed by atoms with van der Waals surface area (Å²) in [5.41, 5.74) is 1.90. The minimum atomic E-state index is -0.280. The fourth-order valence-corrected chi connectivity index (χ4v) is 4.99. The molecule has 0 aliphatic carbocycles. The highest BCUT2D eigenvalue weighted by Crippen LogP contribution is 2.39. The lowest BCUT2D eigenvalue weighted by molar-refractivity contribution is 0.0710. The van der Waals surface area contributed by atoms with Gasteiger partial charge in [-0.1, -0.05) is 13.0 Å². The van der Waals surface area contributed by atoms with Crippen molar-refractivity contribution < 1.29 is 18.7 Å². The first kappa shape index (κ1) is 23.0. The third kappa shape index (κ3) is 5.26. The van der Waals surface area contributed by atoms with Gasteiger partial charge in [0.25, 0.3) is 5.91 Å². The fourth-order valence-electron chi connectivity index (χ4n) is 3.96. The van der Waals surface area contributed by atoms with Crippen LogP contribution in [-0.2, 0) is 11.2 Å². The highest BCUT2D eigenvalue weighted by molar-refractivity contribution is 7.16. The second-order valence-corrected chi connectivity index (χ2v) is 8.80. The van der Waals surface area contributed by atoms with E-state index in [9.17, 15) is 9.59 Å². The molecule has 9 heteroatoms. The second kappa shape index (κ2) is 10.6. The summed E-state index contributed by atoms with van der Waals surface area (Å²) < 4.78 is 10.4. The van der Waals surface area contributed by atoms with Gasteiger partial charge >= 0.3 is 6.09 Å². The Labute approximate surface area is 197 Å². The number of aromatic nitrogens is 1. The van der Waals surface area contributed by atoms with E-state index >= 15 is 0 Å². The van der Waals surface area contributed by atoms with Gasteiger partial charge < -0.3 is 19.4 Å². The summed E-state index contributed by atoms with van der Waals surface area (Å²) in [6, 6.07) is 11.2. The monoisotopic (exact) mass is 468 g/mol. The van der Waals surface area contributed by atoms with Gasteiger partial charge in [0.15, 0.2) is 5.76 Å². The van der Waals surface area contributed by atoms with Crippen molar-refractivity contribution in [1.29, 1.82) is 0 Å². The molecule has 174 valence electrons. The van der Waals surface area contributed by atoms with Crippen molar-refractivity contribution >= 4 is 28.3 Å². The predicted octanol–water partition coefficient (Wildman–Crippen LogP) is 4.41. The lowest BCUT2D eigenvalue weighted by Gasteiger charge is -2.38. The van der Waals surface area contributed by atoms with E-state index in [-0.39, 0.29) is 23.8 Å². The van der Waals surface area contributed by atoms with Crippen LogP contribution in [0.25, 0.3) is 0 Å². The number of ether oxygens (including phenoxy) is 1. The maximum Gasteiger partial charge on any atom is 0.409 e. The summed E-state index contributed by atoms with van der Waals surface area (Å²) in [7, 11) is 0. The molecule has 0 unspecified atom stereocenters. The van der Waals surface area contributed by atoms with E-state index in [1.165, 1.54) is 11.1 Å². The van der Waals surface area contributed by atoms with E-state index in [2.05, 4.69) is 28.2 Å². The molecule has 1 saturated heterocycles. The quantitative estimate of drug-likeness (QED) is 0.553. The van der Waals surface area contributed by atoms with Crippen molar-refractivity contribution in [2.45, 2.75) is 26.3 Å². The molecule has 4 heterocycles. The molecule has 1 atom stereocenters. The number of aryl methyl sites for hydroxylation is 1. The Hall–Kier alpha value is -3.17. The van der Waals surface area contributed by atoms with Crippen molar-refractivity contribution in [3.8, 4) is 0 Å². The molecule has 0 spiro atoms. The third-order valence-corrected chi connectivity index (χ3v) is 6.81. The molecule has 3 aromatic heterocycles. The predicted molar refractivity (Wildman–Crippen MR) is 127 cm³/mol.